The number of carbonyl (C=O) groups is 3. The molecule has 6 rings (SSSR count). The largest absolute Gasteiger partial charge is 0.478 e. The highest BCUT2D eigenvalue weighted by molar-refractivity contribution is 5.98. The van der Waals surface area contributed by atoms with Crippen LogP contribution in [0, 0.1) is 12.8 Å². The predicted molar refractivity (Wildman–Crippen MR) is 150 cm³/mol. The number of nitrogens with zero attached hydrogens (tertiary/aromatic N) is 7. The molecule has 0 unspecified atom stereocenters. The second-order valence-electron chi connectivity index (χ2n) is 10.6. The second-order valence-corrected chi connectivity index (χ2v) is 10.6. The molecule has 0 saturated heterocycles. The van der Waals surface area contributed by atoms with Gasteiger partial charge < -0.3 is 10.2 Å². The Morgan fingerprint density at radius 2 is 1.33 bits per heavy atom. The monoisotopic (exact) mass is 617 g/mol. The van der Waals surface area contributed by atoms with Gasteiger partial charge in [0.25, 0.3) is 0 Å². The van der Waals surface area contributed by atoms with E-state index in [1.54, 1.807) is 31.3 Å². The third-order valence-electron chi connectivity index (χ3n) is 7.34. The number of aryl methyl sites for hydroxylation is 1. The van der Waals surface area contributed by atoms with E-state index in [0.717, 1.165) is 23.6 Å². The van der Waals surface area contributed by atoms with Crippen molar-refractivity contribution in [1.29, 1.82) is 0 Å². The molecule has 0 spiro atoms. The highest BCUT2D eigenvalue weighted by Crippen LogP contribution is 2.35. The van der Waals surface area contributed by atoms with Crippen molar-refractivity contribution >= 4 is 17.7 Å². The van der Waals surface area contributed by atoms with Gasteiger partial charge in [-0.3, -0.25) is 4.79 Å². The first-order chi connectivity index (χ1) is 21.4. The number of rotatable bonds is 9. The molecule has 0 radical (unpaired) electrons. The van der Waals surface area contributed by atoms with E-state index in [4.69, 9.17) is 0 Å². The van der Waals surface area contributed by atoms with E-state index in [1.807, 2.05) is 0 Å². The van der Waals surface area contributed by atoms with Gasteiger partial charge in [0.05, 0.1) is 51.8 Å². The van der Waals surface area contributed by atoms with Gasteiger partial charge in [-0.15, -0.1) is 10.2 Å². The van der Waals surface area contributed by atoms with Crippen LogP contribution in [0.25, 0.3) is 34.2 Å². The number of ketones is 1. The zero-order chi connectivity index (χ0) is 32.0. The Kier molecular flexibility index (Phi) is 7.22. The van der Waals surface area contributed by atoms with Crippen molar-refractivity contribution in [3.8, 4) is 34.2 Å². The summed E-state index contributed by atoms with van der Waals surface area (Å²) < 4.78 is 43.2. The van der Waals surface area contributed by atoms with Crippen molar-refractivity contribution in [2.24, 2.45) is 5.92 Å². The summed E-state index contributed by atoms with van der Waals surface area (Å²) in [6.45, 7) is 1.66. The molecule has 0 atom stereocenters. The molecule has 0 amide bonds. The first-order valence-electron chi connectivity index (χ1n) is 13.6. The zero-order valence-corrected chi connectivity index (χ0v) is 23.4. The maximum atomic E-state index is 13.6. The number of carbonyl (C=O) groups excluding carboxylic acids is 1. The first-order valence-corrected chi connectivity index (χ1v) is 13.6. The number of carboxylic acids is 2. The molecule has 12 nitrogen and oxygen atoms in total. The second kappa shape index (κ2) is 11.1. The Balaban J connectivity index is 1.38. The van der Waals surface area contributed by atoms with Gasteiger partial charge >= 0.3 is 18.1 Å². The van der Waals surface area contributed by atoms with Gasteiger partial charge in [-0.05, 0) is 79.8 Å². The molecule has 1 aliphatic rings. The minimum absolute atomic E-state index is 0.0839. The third kappa shape index (κ3) is 6.04. The molecule has 1 aliphatic carbocycles. The third-order valence-corrected chi connectivity index (χ3v) is 7.34. The smallest absolute Gasteiger partial charge is 0.417 e. The molecule has 1 fully saturated rings. The van der Waals surface area contributed by atoms with E-state index in [0.29, 0.717) is 40.9 Å². The number of hydrogen-bond donors (Lipinski definition) is 2. The highest BCUT2D eigenvalue weighted by atomic mass is 19.4. The minimum Gasteiger partial charge on any atom is -0.478 e. The predicted octanol–water partition coefficient (Wildman–Crippen LogP) is 5.28. The quantitative estimate of drug-likeness (QED) is 0.208. The van der Waals surface area contributed by atoms with Crippen LogP contribution in [-0.4, -0.2) is 62.9 Å². The van der Waals surface area contributed by atoms with Crippen LogP contribution in [0.1, 0.15) is 61.5 Å². The zero-order valence-electron chi connectivity index (χ0n) is 23.4. The van der Waals surface area contributed by atoms with Crippen LogP contribution in [-0.2, 0) is 6.18 Å². The summed E-state index contributed by atoms with van der Waals surface area (Å²) in [6, 6.07) is 10.5. The summed E-state index contributed by atoms with van der Waals surface area (Å²) in [6.07, 6.45) is 0.221. The maximum absolute atomic E-state index is 13.6. The molecule has 2 aromatic carbocycles. The van der Waals surface area contributed by atoms with Crippen molar-refractivity contribution in [2.45, 2.75) is 32.4 Å². The minimum atomic E-state index is -4.92. The molecule has 15 heteroatoms. The molecule has 0 aliphatic heterocycles. The van der Waals surface area contributed by atoms with E-state index in [9.17, 15) is 37.8 Å². The summed E-state index contributed by atoms with van der Waals surface area (Å²) in [5.41, 5.74) is 0.132. The lowest BCUT2D eigenvalue weighted by molar-refractivity contribution is -0.138. The van der Waals surface area contributed by atoms with Crippen LogP contribution in [0.2, 0.25) is 0 Å². The SMILES string of the molecule is Cc1cc(-n2cc(-c3cc(C(=O)CC4CC4)cc(-c4cn(-c5ccc(C(=O)O)c(C(F)(F)F)c5)nn4)n3)nn2)ccc1C(=O)O. The number of carboxylic acid groups (broad SMARTS) is 2. The number of halogens is 3. The van der Waals surface area contributed by atoms with Gasteiger partial charge in [-0.25, -0.2) is 23.9 Å². The van der Waals surface area contributed by atoms with Crippen molar-refractivity contribution in [2.75, 3.05) is 0 Å². The number of benzene rings is 2. The number of Topliss-reactive ketones (excluding diaryl/α,β-unsaturated/α-hetero) is 1. The standard InChI is InChI=1S/C30H22F3N7O5/c1-15-8-18(4-6-20(15)28(42)43)39-13-25(35-37-39)23-10-17(27(41)9-16-2-3-16)11-24(34-23)26-14-40(38-36-26)19-5-7-21(29(44)45)22(12-19)30(31,32)33/h4-8,10-14,16H,2-3,9H2,1H3,(H,42,43)(H,44,45). The Morgan fingerprint density at radius 3 is 1.82 bits per heavy atom. The van der Waals surface area contributed by atoms with Gasteiger partial charge in [-0.1, -0.05) is 10.4 Å². The van der Waals surface area contributed by atoms with Crippen molar-refractivity contribution in [1.82, 2.24) is 35.0 Å². The van der Waals surface area contributed by atoms with E-state index < -0.39 is 29.2 Å². The molecule has 0 bridgehead atoms. The number of aromatic carboxylic acids is 2. The number of hydrogen-bond acceptors (Lipinski definition) is 8. The lowest BCUT2D eigenvalue weighted by atomic mass is 10.0. The van der Waals surface area contributed by atoms with E-state index >= 15 is 0 Å². The number of aromatic nitrogens is 7. The van der Waals surface area contributed by atoms with Crippen LogP contribution < -0.4 is 0 Å². The van der Waals surface area contributed by atoms with Crippen LogP contribution >= 0.6 is 0 Å². The Hall–Kier alpha value is -5.73. The van der Waals surface area contributed by atoms with Crippen LogP contribution in [0.4, 0.5) is 13.2 Å². The fourth-order valence-corrected chi connectivity index (χ4v) is 4.80. The molecule has 5 aromatic rings. The van der Waals surface area contributed by atoms with Crippen LogP contribution in [0.3, 0.4) is 0 Å². The molecule has 1 saturated carbocycles. The molecule has 228 valence electrons. The fraction of sp³-hybridized carbons (Fsp3) is 0.200. The van der Waals surface area contributed by atoms with Crippen molar-refractivity contribution in [3.05, 3.63) is 88.7 Å². The van der Waals surface area contributed by atoms with E-state index in [-0.39, 0.29) is 34.1 Å². The van der Waals surface area contributed by atoms with Gasteiger partial charge in [0.1, 0.15) is 11.4 Å². The molecular formula is C30H22F3N7O5. The van der Waals surface area contributed by atoms with Crippen molar-refractivity contribution < 1.29 is 37.8 Å². The van der Waals surface area contributed by atoms with E-state index in [1.165, 1.54) is 29.1 Å². The lowest BCUT2D eigenvalue weighted by Crippen LogP contribution is -2.14. The van der Waals surface area contributed by atoms with Gasteiger partial charge in [0.2, 0.25) is 0 Å². The fourth-order valence-electron chi connectivity index (χ4n) is 4.80. The lowest BCUT2D eigenvalue weighted by Gasteiger charge is -2.11. The molecular weight excluding hydrogens is 595 g/mol. The Bertz CT molecular complexity index is 2000. The maximum Gasteiger partial charge on any atom is 0.417 e. The average molecular weight is 618 g/mol. The van der Waals surface area contributed by atoms with Gasteiger partial charge in [0, 0.05) is 12.0 Å². The Labute approximate surface area is 251 Å². The van der Waals surface area contributed by atoms with Crippen LogP contribution in [0.15, 0.2) is 60.9 Å². The van der Waals surface area contributed by atoms with E-state index in [2.05, 4.69) is 25.6 Å². The molecule has 45 heavy (non-hydrogen) atoms. The normalized spacial score (nSPS) is 13.2. The topological polar surface area (TPSA) is 166 Å². The summed E-state index contributed by atoms with van der Waals surface area (Å²) in [5, 5.41) is 34.8. The molecule has 2 N–H and O–H groups in total. The molecule has 3 aromatic heterocycles. The summed E-state index contributed by atoms with van der Waals surface area (Å²) in [7, 11) is 0. The summed E-state index contributed by atoms with van der Waals surface area (Å²) in [4.78, 5) is 40.5. The van der Waals surface area contributed by atoms with Gasteiger partial charge in [0.15, 0.2) is 5.78 Å². The van der Waals surface area contributed by atoms with Crippen LogP contribution in [0.5, 0.6) is 0 Å². The summed E-state index contributed by atoms with van der Waals surface area (Å²) >= 11 is 0. The molecule has 3 heterocycles. The summed E-state index contributed by atoms with van der Waals surface area (Å²) in [5.74, 6) is -2.60. The number of alkyl halides is 3. The first kappa shape index (κ1) is 29.3. The van der Waals surface area contributed by atoms with Gasteiger partial charge in [-0.2, -0.15) is 13.2 Å². The average Bonchev–Trinajstić information content (AvgIpc) is 3.45. The Morgan fingerprint density at radius 1 is 0.800 bits per heavy atom. The van der Waals surface area contributed by atoms with Crippen molar-refractivity contribution in [3.63, 3.8) is 0 Å². The highest BCUT2D eigenvalue weighted by Gasteiger charge is 2.36. The number of pyridine rings is 1.